The van der Waals surface area contributed by atoms with E-state index in [1.54, 1.807) is 6.20 Å². The van der Waals surface area contributed by atoms with Crippen LogP contribution in [0.5, 0.6) is 0 Å². The van der Waals surface area contributed by atoms with Crippen LogP contribution in [0.15, 0.2) is 35.1 Å². The van der Waals surface area contributed by atoms with Crippen LogP contribution >= 0.6 is 0 Å². The molecule has 2 aromatic heterocycles. The zero-order valence-electron chi connectivity index (χ0n) is 9.68. The fraction of sp³-hybridized carbons (Fsp3) is 0.417. The number of hydrogen-bond donors (Lipinski definition) is 1. The summed E-state index contributed by atoms with van der Waals surface area (Å²) in [5.74, 6) is 0.876. The highest BCUT2D eigenvalue weighted by atomic mass is 16.5. The molecule has 0 saturated carbocycles. The first-order chi connectivity index (χ1) is 7.81. The van der Waals surface area contributed by atoms with Gasteiger partial charge in [-0.25, -0.2) is 0 Å². The predicted octanol–water partition coefficient (Wildman–Crippen LogP) is 2.19. The lowest BCUT2D eigenvalue weighted by Crippen LogP contribution is -2.20. The lowest BCUT2D eigenvalue weighted by atomic mass is 10.2. The molecule has 16 heavy (non-hydrogen) atoms. The van der Waals surface area contributed by atoms with Gasteiger partial charge < -0.3 is 14.4 Å². The molecule has 1 atom stereocenters. The summed E-state index contributed by atoms with van der Waals surface area (Å²) in [6.07, 6.45) is 3.73. The molecule has 0 saturated heterocycles. The van der Waals surface area contributed by atoms with Gasteiger partial charge in [-0.05, 0) is 25.6 Å². The molecule has 0 radical (unpaired) electrons. The first-order valence-corrected chi connectivity index (χ1v) is 5.59. The molecule has 0 aliphatic rings. The minimum Gasteiger partial charge on any atom is -0.359 e. The van der Waals surface area contributed by atoms with Crippen LogP contribution in [0.3, 0.4) is 0 Å². The minimum absolute atomic E-state index is 0.350. The standard InChI is InChI=1S/C12H17N3O/c1-3-13-10(2)12-5-4-8-15(12)9-11-6-7-14-16-11/h4-8,10,13H,3,9H2,1-2H3. The number of hydrogen-bond acceptors (Lipinski definition) is 3. The van der Waals surface area contributed by atoms with Gasteiger partial charge in [0.2, 0.25) is 0 Å². The van der Waals surface area contributed by atoms with Crippen LogP contribution in [0.25, 0.3) is 0 Å². The third-order valence-electron chi connectivity index (χ3n) is 2.64. The smallest absolute Gasteiger partial charge is 0.156 e. The summed E-state index contributed by atoms with van der Waals surface area (Å²) in [5, 5.41) is 7.11. The first kappa shape index (κ1) is 11.0. The van der Waals surface area contributed by atoms with E-state index < -0.39 is 0 Å². The van der Waals surface area contributed by atoms with E-state index in [-0.39, 0.29) is 0 Å². The van der Waals surface area contributed by atoms with E-state index in [0.29, 0.717) is 6.04 Å². The summed E-state index contributed by atoms with van der Waals surface area (Å²) in [7, 11) is 0. The molecule has 0 aliphatic heterocycles. The van der Waals surface area contributed by atoms with Crippen molar-refractivity contribution in [2.75, 3.05) is 6.54 Å². The largest absolute Gasteiger partial charge is 0.359 e. The molecular formula is C12H17N3O. The van der Waals surface area contributed by atoms with Crippen LogP contribution in [-0.2, 0) is 6.54 Å². The van der Waals surface area contributed by atoms with Gasteiger partial charge in [0.05, 0.1) is 12.7 Å². The van der Waals surface area contributed by atoms with Gasteiger partial charge in [-0.3, -0.25) is 0 Å². The average molecular weight is 219 g/mol. The van der Waals surface area contributed by atoms with Gasteiger partial charge in [0, 0.05) is 24.0 Å². The lowest BCUT2D eigenvalue weighted by molar-refractivity contribution is 0.373. The zero-order valence-corrected chi connectivity index (χ0v) is 9.68. The zero-order chi connectivity index (χ0) is 11.4. The Morgan fingerprint density at radius 3 is 3.06 bits per heavy atom. The second kappa shape index (κ2) is 4.99. The average Bonchev–Trinajstić information content (AvgIpc) is 2.90. The molecular weight excluding hydrogens is 202 g/mol. The molecule has 0 aliphatic carbocycles. The molecule has 4 nitrogen and oxygen atoms in total. The highest BCUT2D eigenvalue weighted by molar-refractivity contribution is 5.13. The van der Waals surface area contributed by atoms with E-state index in [1.165, 1.54) is 5.69 Å². The van der Waals surface area contributed by atoms with Crippen LogP contribution < -0.4 is 5.32 Å². The molecule has 0 amide bonds. The van der Waals surface area contributed by atoms with E-state index in [2.05, 4.69) is 47.2 Å². The Morgan fingerprint density at radius 1 is 1.50 bits per heavy atom. The third-order valence-corrected chi connectivity index (χ3v) is 2.64. The fourth-order valence-corrected chi connectivity index (χ4v) is 1.87. The molecule has 0 fully saturated rings. The number of rotatable bonds is 5. The van der Waals surface area contributed by atoms with Gasteiger partial charge in [0.25, 0.3) is 0 Å². The highest BCUT2D eigenvalue weighted by Crippen LogP contribution is 2.14. The Kier molecular flexibility index (Phi) is 3.41. The van der Waals surface area contributed by atoms with Crippen molar-refractivity contribution in [3.8, 4) is 0 Å². The SMILES string of the molecule is CCNC(C)c1cccn1Cc1ccno1. The summed E-state index contributed by atoms with van der Waals surface area (Å²) in [6.45, 7) is 5.97. The number of aromatic nitrogens is 2. The Bertz CT molecular complexity index is 419. The van der Waals surface area contributed by atoms with Crippen molar-refractivity contribution < 1.29 is 4.52 Å². The van der Waals surface area contributed by atoms with Crippen LogP contribution in [0.4, 0.5) is 0 Å². The second-order valence-corrected chi connectivity index (χ2v) is 3.82. The molecule has 4 heteroatoms. The van der Waals surface area contributed by atoms with Crippen LogP contribution in [0.2, 0.25) is 0 Å². The highest BCUT2D eigenvalue weighted by Gasteiger charge is 2.09. The maximum absolute atomic E-state index is 5.11. The van der Waals surface area contributed by atoms with Gasteiger partial charge in [0.1, 0.15) is 0 Å². The molecule has 2 aromatic rings. The van der Waals surface area contributed by atoms with E-state index in [1.807, 2.05) is 6.07 Å². The maximum Gasteiger partial charge on any atom is 0.156 e. The Balaban J connectivity index is 2.13. The van der Waals surface area contributed by atoms with Crippen molar-refractivity contribution in [1.82, 2.24) is 15.0 Å². The summed E-state index contributed by atoms with van der Waals surface area (Å²) in [5.41, 5.74) is 1.26. The molecule has 86 valence electrons. The van der Waals surface area contributed by atoms with E-state index in [4.69, 9.17) is 4.52 Å². The minimum atomic E-state index is 0.350. The Labute approximate surface area is 95.2 Å². The molecule has 0 bridgehead atoms. The predicted molar refractivity (Wildman–Crippen MR) is 62.1 cm³/mol. The van der Waals surface area contributed by atoms with Gasteiger partial charge in [-0.1, -0.05) is 12.1 Å². The molecule has 0 spiro atoms. The van der Waals surface area contributed by atoms with Gasteiger partial charge in [-0.15, -0.1) is 0 Å². The van der Waals surface area contributed by atoms with E-state index in [0.717, 1.165) is 18.8 Å². The van der Waals surface area contributed by atoms with Crippen molar-refractivity contribution in [3.63, 3.8) is 0 Å². The van der Waals surface area contributed by atoms with Crippen molar-refractivity contribution in [3.05, 3.63) is 42.0 Å². The van der Waals surface area contributed by atoms with Gasteiger partial charge in [-0.2, -0.15) is 0 Å². The monoisotopic (exact) mass is 219 g/mol. The Morgan fingerprint density at radius 2 is 2.38 bits per heavy atom. The molecule has 2 rings (SSSR count). The normalized spacial score (nSPS) is 12.9. The summed E-state index contributed by atoms with van der Waals surface area (Å²) in [4.78, 5) is 0. The topological polar surface area (TPSA) is 43.0 Å². The molecule has 0 aromatic carbocycles. The number of nitrogens with one attached hydrogen (secondary N) is 1. The molecule has 1 unspecified atom stereocenters. The molecule has 2 heterocycles. The fourth-order valence-electron chi connectivity index (χ4n) is 1.87. The van der Waals surface area contributed by atoms with Crippen molar-refractivity contribution in [2.24, 2.45) is 0 Å². The second-order valence-electron chi connectivity index (χ2n) is 3.82. The van der Waals surface area contributed by atoms with Gasteiger partial charge >= 0.3 is 0 Å². The summed E-state index contributed by atoms with van der Waals surface area (Å²) in [6, 6.07) is 6.42. The van der Waals surface area contributed by atoms with Crippen molar-refractivity contribution in [1.29, 1.82) is 0 Å². The summed E-state index contributed by atoms with van der Waals surface area (Å²) >= 11 is 0. The van der Waals surface area contributed by atoms with Crippen molar-refractivity contribution >= 4 is 0 Å². The van der Waals surface area contributed by atoms with E-state index in [9.17, 15) is 0 Å². The van der Waals surface area contributed by atoms with E-state index >= 15 is 0 Å². The quantitative estimate of drug-likeness (QED) is 0.838. The lowest BCUT2D eigenvalue weighted by Gasteiger charge is -2.15. The number of nitrogens with zero attached hydrogens (tertiary/aromatic N) is 2. The van der Waals surface area contributed by atoms with Crippen LogP contribution in [0, 0.1) is 0 Å². The maximum atomic E-state index is 5.11. The summed E-state index contributed by atoms with van der Waals surface area (Å²) < 4.78 is 7.28. The third kappa shape index (κ3) is 2.33. The van der Waals surface area contributed by atoms with Crippen LogP contribution in [0.1, 0.15) is 31.3 Å². The molecule has 1 N–H and O–H groups in total. The Hall–Kier alpha value is -1.55. The van der Waals surface area contributed by atoms with Crippen molar-refractivity contribution in [2.45, 2.75) is 26.4 Å². The first-order valence-electron chi connectivity index (χ1n) is 5.59. The van der Waals surface area contributed by atoms with Crippen LogP contribution in [-0.4, -0.2) is 16.3 Å². The van der Waals surface area contributed by atoms with Gasteiger partial charge in [0.15, 0.2) is 5.76 Å².